The van der Waals surface area contributed by atoms with E-state index in [1.165, 1.54) is 30.3 Å². The Morgan fingerprint density at radius 3 is 2.38 bits per heavy atom. The second-order valence-corrected chi connectivity index (χ2v) is 4.79. The van der Waals surface area contributed by atoms with Crippen LogP contribution in [0.25, 0.3) is 0 Å². The van der Waals surface area contributed by atoms with E-state index >= 15 is 0 Å². The molecule has 0 saturated carbocycles. The van der Waals surface area contributed by atoms with Gasteiger partial charge in [0.15, 0.2) is 28.8 Å². The summed E-state index contributed by atoms with van der Waals surface area (Å²) >= 11 is 0. The third-order valence-corrected chi connectivity index (χ3v) is 3.41. The first-order valence-corrected chi connectivity index (χ1v) is 6.24. The van der Waals surface area contributed by atoms with E-state index in [2.05, 4.69) is 0 Å². The van der Waals surface area contributed by atoms with E-state index in [0.29, 0.717) is 5.56 Å². The summed E-state index contributed by atoms with van der Waals surface area (Å²) in [6, 6.07) is 6.70. The molecule has 0 radical (unpaired) electrons. The molecule has 21 heavy (non-hydrogen) atoms. The molecule has 0 amide bonds. The monoisotopic (exact) mass is 288 g/mol. The van der Waals surface area contributed by atoms with Crippen molar-refractivity contribution in [1.29, 1.82) is 0 Å². The number of carbonyl (C=O) groups excluding carboxylic acids is 1. The number of phenolic OH excluding ortho intramolecular Hbond substituents is 4. The van der Waals surface area contributed by atoms with Crippen molar-refractivity contribution in [3.8, 4) is 28.7 Å². The predicted octanol–water partition coefficient (Wildman–Crippen LogP) is 2.22. The molecule has 4 N–H and O–H groups in total. The van der Waals surface area contributed by atoms with E-state index in [9.17, 15) is 25.2 Å². The van der Waals surface area contributed by atoms with Crippen LogP contribution in [0.4, 0.5) is 0 Å². The minimum Gasteiger partial charge on any atom is -0.504 e. The summed E-state index contributed by atoms with van der Waals surface area (Å²) in [6.07, 6.45) is -0.689. The van der Waals surface area contributed by atoms with Crippen molar-refractivity contribution < 1.29 is 30.0 Å². The number of phenols is 4. The number of ketones is 1. The third-order valence-electron chi connectivity index (χ3n) is 3.41. The Balaban J connectivity index is 2.03. The maximum Gasteiger partial charge on any atom is 0.201 e. The van der Waals surface area contributed by atoms with Crippen LogP contribution in [-0.4, -0.2) is 26.2 Å². The fourth-order valence-electron chi connectivity index (χ4n) is 2.29. The topological polar surface area (TPSA) is 107 Å². The number of Topliss-reactive ketones (excluding diaryl/α,β-unsaturated/α-hetero) is 1. The van der Waals surface area contributed by atoms with E-state index in [0.717, 1.165) is 0 Å². The normalized spacial score (nSPS) is 17.1. The van der Waals surface area contributed by atoms with Gasteiger partial charge in [0.2, 0.25) is 5.75 Å². The molecule has 1 aliphatic heterocycles. The highest BCUT2D eigenvalue weighted by Gasteiger charge is 2.31. The molecular formula is C15H12O6. The van der Waals surface area contributed by atoms with Crippen LogP contribution >= 0.6 is 0 Å². The Morgan fingerprint density at radius 2 is 1.67 bits per heavy atom. The molecule has 0 aliphatic carbocycles. The molecule has 0 spiro atoms. The summed E-state index contributed by atoms with van der Waals surface area (Å²) in [5.74, 6) is -1.80. The molecule has 2 aromatic carbocycles. The summed E-state index contributed by atoms with van der Waals surface area (Å²) in [5, 5.41) is 38.1. The molecule has 1 atom stereocenters. The largest absolute Gasteiger partial charge is 0.504 e. The van der Waals surface area contributed by atoms with Crippen LogP contribution in [0.2, 0.25) is 0 Å². The Labute approximate surface area is 119 Å². The predicted molar refractivity (Wildman–Crippen MR) is 71.9 cm³/mol. The quantitative estimate of drug-likeness (QED) is 0.599. The second kappa shape index (κ2) is 4.59. The molecule has 1 aliphatic rings. The zero-order valence-corrected chi connectivity index (χ0v) is 10.8. The summed E-state index contributed by atoms with van der Waals surface area (Å²) < 4.78 is 5.57. The van der Waals surface area contributed by atoms with Crippen LogP contribution in [0, 0.1) is 0 Å². The molecule has 6 nitrogen and oxygen atoms in total. The Hall–Kier alpha value is -2.89. The first kappa shape index (κ1) is 13.1. The number of fused-ring (bicyclic) bond motifs is 1. The van der Waals surface area contributed by atoms with Crippen molar-refractivity contribution in [2.24, 2.45) is 0 Å². The lowest BCUT2D eigenvalue weighted by Crippen LogP contribution is -2.20. The zero-order valence-electron chi connectivity index (χ0n) is 10.8. The third kappa shape index (κ3) is 2.10. The SMILES string of the molecule is O=C1C[C@@H](c2ccc(O)c(O)c2)Oc2c1ccc(O)c2O. The Morgan fingerprint density at radius 1 is 0.952 bits per heavy atom. The highest BCUT2D eigenvalue weighted by atomic mass is 16.5. The summed E-state index contributed by atoms with van der Waals surface area (Å²) in [6.45, 7) is 0. The fourth-order valence-corrected chi connectivity index (χ4v) is 2.29. The maximum absolute atomic E-state index is 12.1. The molecule has 6 heteroatoms. The molecule has 0 aromatic heterocycles. The van der Waals surface area contributed by atoms with Gasteiger partial charge in [-0.25, -0.2) is 0 Å². The molecule has 1 heterocycles. The Kier molecular flexibility index (Phi) is 2.86. The van der Waals surface area contributed by atoms with E-state index < -0.39 is 11.9 Å². The van der Waals surface area contributed by atoms with Crippen molar-refractivity contribution in [1.82, 2.24) is 0 Å². The van der Waals surface area contributed by atoms with Gasteiger partial charge >= 0.3 is 0 Å². The number of rotatable bonds is 1. The lowest BCUT2D eigenvalue weighted by atomic mass is 9.95. The van der Waals surface area contributed by atoms with Gasteiger partial charge in [-0.1, -0.05) is 6.07 Å². The van der Waals surface area contributed by atoms with Crippen LogP contribution in [0.3, 0.4) is 0 Å². The lowest BCUT2D eigenvalue weighted by Gasteiger charge is -2.26. The van der Waals surface area contributed by atoms with E-state index in [1.807, 2.05) is 0 Å². The van der Waals surface area contributed by atoms with Gasteiger partial charge in [0, 0.05) is 0 Å². The zero-order chi connectivity index (χ0) is 15.1. The molecule has 3 rings (SSSR count). The van der Waals surface area contributed by atoms with Gasteiger partial charge in [0.05, 0.1) is 12.0 Å². The summed E-state index contributed by atoms with van der Waals surface area (Å²) in [4.78, 5) is 12.1. The number of hydrogen-bond donors (Lipinski definition) is 4. The van der Waals surface area contributed by atoms with Crippen LogP contribution < -0.4 is 4.74 Å². The van der Waals surface area contributed by atoms with Crippen LogP contribution in [-0.2, 0) is 0 Å². The van der Waals surface area contributed by atoms with Gasteiger partial charge in [0.25, 0.3) is 0 Å². The van der Waals surface area contributed by atoms with Crippen molar-refractivity contribution in [3.05, 3.63) is 41.5 Å². The van der Waals surface area contributed by atoms with E-state index in [-0.39, 0.29) is 40.8 Å². The fraction of sp³-hybridized carbons (Fsp3) is 0.133. The number of ether oxygens (including phenoxy) is 1. The summed E-state index contributed by atoms with van der Waals surface area (Å²) in [7, 11) is 0. The number of carbonyl (C=O) groups is 1. The van der Waals surface area contributed by atoms with Gasteiger partial charge < -0.3 is 25.2 Å². The lowest BCUT2D eigenvalue weighted by molar-refractivity contribution is 0.0841. The number of aromatic hydroxyl groups is 4. The highest BCUT2D eigenvalue weighted by Crippen LogP contribution is 2.45. The first-order chi connectivity index (χ1) is 9.97. The van der Waals surface area contributed by atoms with Gasteiger partial charge in [0.1, 0.15) is 6.10 Å². The maximum atomic E-state index is 12.1. The van der Waals surface area contributed by atoms with E-state index in [1.54, 1.807) is 0 Å². The van der Waals surface area contributed by atoms with Crippen LogP contribution in [0.15, 0.2) is 30.3 Å². The number of benzene rings is 2. The molecule has 0 saturated heterocycles. The van der Waals surface area contributed by atoms with E-state index in [4.69, 9.17) is 4.74 Å². The first-order valence-electron chi connectivity index (χ1n) is 6.24. The molecular weight excluding hydrogens is 276 g/mol. The summed E-state index contributed by atoms with van der Waals surface area (Å²) in [5.41, 5.74) is 0.677. The minimum atomic E-state index is -0.718. The Bertz CT molecular complexity index is 737. The van der Waals surface area contributed by atoms with Gasteiger partial charge in [-0.05, 0) is 29.8 Å². The van der Waals surface area contributed by atoms with Gasteiger partial charge in [-0.15, -0.1) is 0 Å². The number of hydrogen-bond acceptors (Lipinski definition) is 6. The average Bonchev–Trinajstić information content (AvgIpc) is 2.46. The van der Waals surface area contributed by atoms with Gasteiger partial charge in [-0.3, -0.25) is 4.79 Å². The average molecular weight is 288 g/mol. The van der Waals surface area contributed by atoms with Crippen LogP contribution in [0.1, 0.15) is 28.4 Å². The van der Waals surface area contributed by atoms with Gasteiger partial charge in [-0.2, -0.15) is 0 Å². The molecule has 0 fully saturated rings. The highest BCUT2D eigenvalue weighted by molar-refractivity contribution is 6.01. The minimum absolute atomic E-state index is 0.0292. The standard InChI is InChI=1S/C15H12O6/c16-9-3-1-7(5-12(9)19)13-6-11(18)8-2-4-10(17)14(20)15(8)21-13/h1-5,13,16-17,19-20H,6H2/t13-/m0/s1. The molecule has 2 aromatic rings. The molecule has 108 valence electrons. The van der Waals surface area contributed by atoms with Crippen molar-refractivity contribution in [2.75, 3.05) is 0 Å². The smallest absolute Gasteiger partial charge is 0.201 e. The van der Waals surface area contributed by atoms with Crippen molar-refractivity contribution >= 4 is 5.78 Å². The molecule has 0 unspecified atom stereocenters. The van der Waals surface area contributed by atoms with Crippen molar-refractivity contribution in [2.45, 2.75) is 12.5 Å². The second-order valence-electron chi connectivity index (χ2n) is 4.79. The molecule has 0 bridgehead atoms. The van der Waals surface area contributed by atoms with Crippen LogP contribution in [0.5, 0.6) is 28.7 Å². The van der Waals surface area contributed by atoms with Crippen molar-refractivity contribution in [3.63, 3.8) is 0 Å².